The molecule has 1 N–H and O–H groups in total. The van der Waals surface area contributed by atoms with Crippen LogP contribution in [0.2, 0.25) is 0 Å². The van der Waals surface area contributed by atoms with Gasteiger partial charge in [0.2, 0.25) is 0 Å². The Morgan fingerprint density at radius 1 is 1.08 bits per heavy atom. The first-order valence-corrected chi connectivity index (χ1v) is 7.50. The molecule has 1 atom stereocenters. The average Bonchev–Trinajstić information content (AvgIpc) is 2.61. The van der Waals surface area contributed by atoms with Gasteiger partial charge in [-0.3, -0.25) is 4.79 Å². The van der Waals surface area contributed by atoms with Crippen LogP contribution in [0.3, 0.4) is 0 Å². The molecule has 0 saturated carbocycles. The van der Waals surface area contributed by atoms with E-state index < -0.39 is 40.8 Å². The van der Waals surface area contributed by atoms with Gasteiger partial charge in [-0.2, -0.15) is 0 Å². The Labute approximate surface area is 145 Å². The molecule has 0 saturated heterocycles. The number of benzene rings is 2. The van der Waals surface area contributed by atoms with Gasteiger partial charge in [-0.25, -0.2) is 18.0 Å². The molecule has 1 amide bonds. The first-order chi connectivity index (χ1) is 12.3. The molecule has 134 valence electrons. The van der Waals surface area contributed by atoms with Gasteiger partial charge in [-0.1, -0.05) is 0 Å². The molecule has 0 unspecified atom stereocenters. The predicted octanol–water partition coefficient (Wildman–Crippen LogP) is 3.62. The number of amides is 1. The fourth-order valence-electron chi connectivity index (χ4n) is 2.23. The first-order valence-electron chi connectivity index (χ1n) is 7.50. The van der Waals surface area contributed by atoms with E-state index in [0.29, 0.717) is 11.5 Å². The Kier molecular flexibility index (Phi) is 4.66. The predicted molar refractivity (Wildman–Crippen MR) is 87.5 cm³/mol. The second-order valence-electron chi connectivity index (χ2n) is 5.43. The van der Waals surface area contributed by atoms with Crippen molar-refractivity contribution in [3.63, 3.8) is 0 Å². The second kappa shape index (κ2) is 6.91. The molecule has 1 heterocycles. The zero-order valence-corrected chi connectivity index (χ0v) is 13.4. The highest BCUT2D eigenvalue weighted by Crippen LogP contribution is 2.22. The van der Waals surface area contributed by atoms with Gasteiger partial charge in [0, 0.05) is 17.5 Å². The normalized spacial score (nSPS) is 12.0. The third kappa shape index (κ3) is 3.53. The number of hydrogen-bond donors (Lipinski definition) is 1. The molecule has 26 heavy (non-hydrogen) atoms. The lowest BCUT2D eigenvalue weighted by atomic mass is 10.2. The highest BCUT2D eigenvalue weighted by molar-refractivity contribution is 5.94. The van der Waals surface area contributed by atoms with Gasteiger partial charge in [-0.05, 0) is 37.3 Å². The van der Waals surface area contributed by atoms with E-state index >= 15 is 0 Å². The minimum absolute atomic E-state index is 0.236. The van der Waals surface area contributed by atoms with Crippen LogP contribution in [0.5, 0.6) is 5.75 Å². The van der Waals surface area contributed by atoms with Crippen molar-refractivity contribution in [3.05, 3.63) is 70.3 Å². The summed E-state index contributed by atoms with van der Waals surface area (Å²) in [4.78, 5) is 23.3. The van der Waals surface area contributed by atoms with Crippen LogP contribution in [0.25, 0.3) is 11.0 Å². The topological polar surface area (TPSA) is 68.5 Å². The minimum atomic E-state index is -1.68. The molecule has 0 fully saturated rings. The molecule has 1 aromatic heterocycles. The lowest BCUT2D eigenvalue weighted by molar-refractivity contribution is -0.122. The van der Waals surface area contributed by atoms with Crippen LogP contribution in [0, 0.1) is 17.5 Å². The molecule has 0 bridgehead atoms. The van der Waals surface area contributed by atoms with Gasteiger partial charge in [0.25, 0.3) is 5.91 Å². The SMILES string of the molecule is C[C@H](Oc1ccc2ccc(=O)oc2c1)C(=O)Nc1ccc(F)c(F)c1F. The van der Waals surface area contributed by atoms with Gasteiger partial charge in [0.05, 0.1) is 5.69 Å². The van der Waals surface area contributed by atoms with Gasteiger partial charge < -0.3 is 14.5 Å². The van der Waals surface area contributed by atoms with Crippen molar-refractivity contribution in [1.82, 2.24) is 0 Å². The second-order valence-corrected chi connectivity index (χ2v) is 5.43. The lowest BCUT2D eigenvalue weighted by Gasteiger charge is -2.15. The standard InChI is InChI=1S/C18H12F3NO4/c1-9(18(24)22-13-6-5-12(19)16(20)17(13)21)25-11-4-2-10-3-7-15(23)26-14(10)8-11/h2-9H,1H3,(H,22,24)/t9-/m0/s1. The fourth-order valence-corrected chi connectivity index (χ4v) is 2.23. The molecule has 8 heteroatoms. The molecule has 2 aromatic carbocycles. The largest absolute Gasteiger partial charge is 0.481 e. The zero-order valence-electron chi connectivity index (χ0n) is 13.4. The minimum Gasteiger partial charge on any atom is -0.481 e. The van der Waals surface area contributed by atoms with E-state index in [-0.39, 0.29) is 11.3 Å². The number of hydrogen-bond acceptors (Lipinski definition) is 4. The number of rotatable bonds is 4. The van der Waals surface area contributed by atoms with Crippen molar-refractivity contribution < 1.29 is 27.1 Å². The third-order valence-electron chi connectivity index (χ3n) is 3.57. The molecular formula is C18H12F3NO4. The summed E-state index contributed by atoms with van der Waals surface area (Å²) < 4.78 is 50.2. The monoisotopic (exact) mass is 363 g/mol. The van der Waals surface area contributed by atoms with Crippen molar-refractivity contribution in [2.24, 2.45) is 0 Å². The Balaban J connectivity index is 1.75. The number of fused-ring (bicyclic) bond motifs is 1. The average molecular weight is 363 g/mol. The number of carbonyl (C=O) groups is 1. The number of ether oxygens (including phenoxy) is 1. The summed E-state index contributed by atoms with van der Waals surface area (Å²) in [5.41, 5.74) is -0.766. The summed E-state index contributed by atoms with van der Waals surface area (Å²) >= 11 is 0. The highest BCUT2D eigenvalue weighted by atomic mass is 19.2. The summed E-state index contributed by atoms with van der Waals surface area (Å²) in [7, 11) is 0. The van der Waals surface area contributed by atoms with E-state index in [1.54, 1.807) is 18.2 Å². The molecule has 0 aliphatic carbocycles. The van der Waals surface area contributed by atoms with Crippen LogP contribution in [0.1, 0.15) is 6.92 Å². The number of nitrogens with one attached hydrogen (secondary N) is 1. The van der Waals surface area contributed by atoms with E-state index in [9.17, 15) is 22.8 Å². The van der Waals surface area contributed by atoms with Crippen LogP contribution < -0.4 is 15.7 Å². The van der Waals surface area contributed by atoms with Crippen LogP contribution >= 0.6 is 0 Å². The first kappa shape index (κ1) is 17.5. The van der Waals surface area contributed by atoms with E-state index in [1.807, 2.05) is 0 Å². The summed E-state index contributed by atoms with van der Waals surface area (Å²) in [5.74, 6) is -5.08. The van der Waals surface area contributed by atoms with Gasteiger partial charge in [0.15, 0.2) is 23.6 Å². The maximum atomic E-state index is 13.6. The van der Waals surface area contributed by atoms with Crippen molar-refractivity contribution >= 4 is 22.6 Å². The molecule has 3 rings (SSSR count). The van der Waals surface area contributed by atoms with Crippen molar-refractivity contribution in [2.45, 2.75) is 13.0 Å². The maximum absolute atomic E-state index is 13.6. The molecule has 0 aliphatic heterocycles. The summed E-state index contributed by atoms with van der Waals surface area (Å²) in [6, 6.07) is 9.08. The summed E-state index contributed by atoms with van der Waals surface area (Å²) in [5, 5.41) is 2.79. The van der Waals surface area contributed by atoms with Crippen molar-refractivity contribution in [3.8, 4) is 5.75 Å². The van der Waals surface area contributed by atoms with E-state index in [4.69, 9.17) is 9.15 Å². The molecular weight excluding hydrogens is 351 g/mol. The Hall–Kier alpha value is -3.29. The molecule has 0 radical (unpaired) electrons. The highest BCUT2D eigenvalue weighted by Gasteiger charge is 2.20. The molecule has 0 aliphatic rings. The smallest absolute Gasteiger partial charge is 0.336 e. The van der Waals surface area contributed by atoms with E-state index in [1.165, 1.54) is 19.1 Å². The van der Waals surface area contributed by atoms with Crippen LogP contribution in [0.15, 0.2) is 51.7 Å². The van der Waals surface area contributed by atoms with Crippen LogP contribution in [0.4, 0.5) is 18.9 Å². The Morgan fingerprint density at radius 3 is 2.58 bits per heavy atom. The lowest BCUT2D eigenvalue weighted by Crippen LogP contribution is -2.30. The van der Waals surface area contributed by atoms with Crippen LogP contribution in [-0.2, 0) is 4.79 Å². The molecule has 3 aromatic rings. The van der Waals surface area contributed by atoms with Crippen molar-refractivity contribution in [2.75, 3.05) is 5.32 Å². The van der Waals surface area contributed by atoms with Gasteiger partial charge in [0.1, 0.15) is 11.3 Å². The van der Waals surface area contributed by atoms with E-state index in [0.717, 1.165) is 6.07 Å². The quantitative estimate of drug-likeness (QED) is 0.568. The summed E-state index contributed by atoms with van der Waals surface area (Å²) in [6.07, 6.45) is -1.09. The molecule has 0 spiro atoms. The van der Waals surface area contributed by atoms with Crippen LogP contribution in [-0.4, -0.2) is 12.0 Å². The fraction of sp³-hybridized carbons (Fsp3) is 0.111. The number of carbonyl (C=O) groups excluding carboxylic acids is 1. The summed E-state index contributed by atoms with van der Waals surface area (Å²) in [6.45, 7) is 1.39. The van der Waals surface area contributed by atoms with Gasteiger partial charge in [-0.15, -0.1) is 0 Å². The third-order valence-corrected chi connectivity index (χ3v) is 3.57. The Bertz CT molecular complexity index is 1050. The number of anilines is 1. The Morgan fingerprint density at radius 2 is 1.81 bits per heavy atom. The number of halogens is 3. The van der Waals surface area contributed by atoms with E-state index in [2.05, 4.69) is 5.32 Å². The van der Waals surface area contributed by atoms with Gasteiger partial charge >= 0.3 is 5.63 Å². The maximum Gasteiger partial charge on any atom is 0.336 e. The molecule has 5 nitrogen and oxygen atoms in total. The van der Waals surface area contributed by atoms with Crippen molar-refractivity contribution in [1.29, 1.82) is 0 Å². The zero-order chi connectivity index (χ0) is 18.8.